The zero-order valence-corrected chi connectivity index (χ0v) is 11.3. The Morgan fingerprint density at radius 2 is 1.84 bits per heavy atom. The highest BCUT2D eigenvalue weighted by Gasteiger charge is 2.04. The van der Waals surface area contributed by atoms with Crippen LogP contribution in [0.5, 0.6) is 5.75 Å². The summed E-state index contributed by atoms with van der Waals surface area (Å²) in [6, 6.07) is 14.5. The van der Waals surface area contributed by atoms with Gasteiger partial charge in [-0.15, -0.1) is 0 Å². The molecule has 0 saturated heterocycles. The van der Waals surface area contributed by atoms with Gasteiger partial charge in [-0.1, -0.05) is 29.8 Å². The van der Waals surface area contributed by atoms with Crippen LogP contribution >= 0.6 is 11.6 Å². The number of carbonyl (C=O) groups excluding carboxylic acids is 1. The average molecular weight is 276 g/mol. The first kappa shape index (κ1) is 13.4. The summed E-state index contributed by atoms with van der Waals surface area (Å²) in [7, 11) is 1.60. The zero-order valence-electron chi connectivity index (χ0n) is 10.5. The van der Waals surface area contributed by atoms with Gasteiger partial charge in [0.2, 0.25) is 0 Å². The second-order valence-electron chi connectivity index (χ2n) is 3.98. The van der Waals surface area contributed by atoms with E-state index in [9.17, 15) is 4.79 Å². The van der Waals surface area contributed by atoms with E-state index in [0.717, 1.165) is 5.56 Å². The largest absolute Gasteiger partial charge is 0.489 e. The lowest BCUT2D eigenvalue weighted by Gasteiger charge is -2.08. The van der Waals surface area contributed by atoms with Gasteiger partial charge in [-0.3, -0.25) is 4.79 Å². The molecule has 0 unspecified atom stereocenters. The predicted molar refractivity (Wildman–Crippen MR) is 75.6 cm³/mol. The van der Waals surface area contributed by atoms with Crippen molar-refractivity contribution < 1.29 is 9.53 Å². The number of nitrogens with one attached hydrogen (secondary N) is 1. The number of hydrogen-bond donors (Lipinski definition) is 1. The molecule has 0 atom stereocenters. The number of ether oxygens (including phenoxy) is 1. The Kier molecular flexibility index (Phi) is 4.42. The summed E-state index contributed by atoms with van der Waals surface area (Å²) >= 11 is 6.04. The number of halogens is 1. The lowest BCUT2D eigenvalue weighted by Crippen LogP contribution is -2.17. The van der Waals surface area contributed by atoms with Crippen LogP contribution < -0.4 is 10.1 Å². The molecule has 0 heterocycles. The molecule has 2 rings (SSSR count). The first-order valence-corrected chi connectivity index (χ1v) is 6.27. The summed E-state index contributed by atoms with van der Waals surface area (Å²) in [5.41, 5.74) is 1.53. The smallest absolute Gasteiger partial charge is 0.251 e. The van der Waals surface area contributed by atoms with Crippen LogP contribution in [0.2, 0.25) is 5.02 Å². The summed E-state index contributed by atoms with van der Waals surface area (Å²) in [6.07, 6.45) is 0. The van der Waals surface area contributed by atoms with E-state index in [4.69, 9.17) is 16.3 Å². The minimum Gasteiger partial charge on any atom is -0.489 e. The van der Waals surface area contributed by atoms with Gasteiger partial charge in [-0.25, -0.2) is 0 Å². The van der Waals surface area contributed by atoms with Crippen molar-refractivity contribution in [1.29, 1.82) is 0 Å². The molecule has 2 aromatic carbocycles. The molecule has 0 spiro atoms. The standard InChI is InChI=1S/C15H14ClNO2/c1-17-15(18)11-6-8-13(9-7-11)19-10-12-4-2-3-5-14(12)16/h2-9H,10H2,1H3,(H,17,18). The van der Waals surface area contributed by atoms with Gasteiger partial charge in [0, 0.05) is 23.2 Å². The second kappa shape index (κ2) is 6.25. The Bertz CT molecular complexity index is 567. The molecule has 0 aliphatic carbocycles. The highest BCUT2D eigenvalue weighted by atomic mass is 35.5. The molecule has 0 aliphatic heterocycles. The van der Waals surface area contributed by atoms with E-state index in [1.165, 1.54) is 0 Å². The van der Waals surface area contributed by atoms with Gasteiger partial charge < -0.3 is 10.1 Å². The third-order valence-electron chi connectivity index (χ3n) is 2.70. The zero-order chi connectivity index (χ0) is 13.7. The maximum atomic E-state index is 11.4. The molecule has 0 saturated carbocycles. The fraction of sp³-hybridized carbons (Fsp3) is 0.133. The Morgan fingerprint density at radius 1 is 1.16 bits per heavy atom. The van der Waals surface area contributed by atoms with Crippen molar-refractivity contribution in [2.75, 3.05) is 7.05 Å². The van der Waals surface area contributed by atoms with Crippen molar-refractivity contribution in [2.24, 2.45) is 0 Å². The highest BCUT2D eigenvalue weighted by molar-refractivity contribution is 6.31. The van der Waals surface area contributed by atoms with Gasteiger partial charge in [0.1, 0.15) is 12.4 Å². The molecule has 19 heavy (non-hydrogen) atoms. The third-order valence-corrected chi connectivity index (χ3v) is 3.06. The van der Waals surface area contributed by atoms with Crippen molar-refractivity contribution in [3.8, 4) is 5.75 Å². The maximum Gasteiger partial charge on any atom is 0.251 e. The van der Waals surface area contributed by atoms with E-state index >= 15 is 0 Å². The van der Waals surface area contributed by atoms with E-state index in [-0.39, 0.29) is 5.91 Å². The van der Waals surface area contributed by atoms with Crippen LogP contribution in [-0.2, 0) is 6.61 Å². The molecule has 3 nitrogen and oxygen atoms in total. The van der Waals surface area contributed by atoms with E-state index < -0.39 is 0 Å². The van der Waals surface area contributed by atoms with Crippen LogP contribution in [-0.4, -0.2) is 13.0 Å². The van der Waals surface area contributed by atoms with Crippen LogP contribution in [0.15, 0.2) is 48.5 Å². The number of amides is 1. The van der Waals surface area contributed by atoms with Crippen LogP contribution in [0.3, 0.4) is 0 Å². The fourth-order valence-corrected chi connectivity index (χ4v) is 1.81. The van der Waals surface area contributed by atoms with Gasteiger partial charge in [-0.05, 0) is 30.3 Å². The van der Waals surface area contributed by atoms with E-state index in [0.29, 0.717) is 22.9 Å². The molecule has 98 valence electrons. The lowest BCUT2D eigenvalue weighted by molar-refractivity contribution is 0.0963. The first-order valence-electron chi connectivity index (χ1n) is 5.89. The molecule has 4 heteroatoms. The van der Waals surface area contributed by atoms with Crippen molar-refractivity contribution in [1.82, 2.24) is 5.32 Å². The maximum absolute atomic E-state index is 11.4. The number of hydrogen-bond acceptors (Lipinski definition) is 2. The summed E-state index contributed by atoms with van der Waals surface area (Å²) in [4.78, 5) is 11.4. The lowest BCUT2D eigenvalue weighted by atomic mass is 10.2. The van der Waals surface area contributed by atoms with Crippen LogP contribution in [0.1, 0.15) is 15.9 Å². The minimum atomic E-state index is -0.113. The van der Waals surface area contributed by atoms with Crippen molar-refractivity contribution in [2.45, 2.75) is 6.61 Å². The summed E-state index contributed by atoms with van der Waals surface area (Å²) < 4.78 is 5.63. The third kappa shape index (κ3) is 3.48. The van der Waals surface area contributed by atoms with Crippen molar-refractivity contribution in [3.63, 3.8) is 0 Å². The normalized spacial score (nSPS) is 10.0. The SMILES string of the molecule is CNC(=O)c1ccc(OCc2ccccc2Cl)cc1. The second-order valence-corrected chi connectivity index (χ2v) is 4.39. The Balaban J connectivity index is 2.01. The number of benzene rings is 2. The van der Waals surface area contributed by atoms with Gasteiger partial charge in [0.25, 0.3) is 5.91 Å². The first-order chi connectivity index (χ1) is 9.20. The summed E-state index contributed by atoms with van der Waals surface area (Å²) in [6.45, 7) is 0.402. The molecular formula is C15H14ClNO2. The molecule has 1 N–H and O–H groups in total. The minimum absolute atomic E-state index is 0.113. The van der Waals surface area contributed by atoms with Crippen molar-refractivity contribution >= 4 is 17.5 Å². The average Bonchev–Trinajstić information content (AvgIpc) is 2.46. The fourth-order valence-electron chi connectivity index (χ4n) is 1.62. The van der Waals surface area contributed by atoms with Crippen molar-refractivity contribution in [3.05, 3.63) is 64.7 Å². The highest BCUT2D eigenvalue weighted by Crippen LogP contribution is 2.18. The van der Waals surface area contributed by atoms with Crippen LogP contribution in [0.4, 0.5) is 0 Å². The number of rotatable bonds is 4. The molecule has 0 aliphatic rings. The topological polar surface area (TPSA) is 38.3 Å². The summed E-state index contributed by atoms with van der Waals surface area (Å²) in [5, 5.41) is 3.25. The Morgan fingerprint density at radius 3 is 2.47 bits per heavy atom. The molecule has 2 aromatic rings. The molecular weight excluding hydrogens is 262 g/mol. The summed E-state index contributed by atoms with van der Waals surface area (Å²) in [5.74, 6) is 0.588. The Hall–Kier alpha value is -2.00. The Labute approximate surface area is 117 Å². The predicted octanol–water partition coefficient (Wildman–Crippen LogP) is 3.28. The van der Waals surface area contributed by atoms with Gasteiger partial charge in [-0.2, -0.15) is 0 Å². The molecule has 0 aromatic heterocycles. The monoisotopic (exact) mass is 275 g/mol. The number of carbonyl (C=O) groups is 1. The molecule has 0 bridgehead atoms. The van der Waals surface area contributed by atoms with E-state index in [1.807, 2.05) is 24.3 Å². The molecule has 0 radical (unpaired) electrons. The quantitative estimate of drug-likeness (QED) is 0.930. The van der Waals surface area contributed by atoms with Crippen LogP contribution in [0.25, 0.3) is 0 Å². The molecule has 1 amide bonds. The van der Waals surface area contributed by atoms with Gasteiger partial charge in [0.05, 0.1) is 0 Å². The van der Waals surface area contributed by atoms with E-state index in [2.05, 4.69) is 5.32 Å². The van der Waals surface area contributed by atoms with E-state index in [1.54, 1.807) is 31.3 Å². The van der Waals surface area contributed by atoms with Gasteiger partial charge in [0.15, 0.2) is 0 Å². The molecule has 0 fully saturated rings. The van der Waals surface area contributed by atoms with Gasteiger partial charge >= 0.3 is 0 Å². The van der Waals surface area contributed by atoms with Crippen LogP contribution in [0, 0.1) is 0 Å².